The zero-order valence-electron chi connectivity index (χ0n) is 13.1. The summed E-state index contributed by atoms with van der Waals surface area (Å²) in [5, 5.41) is 0.593. The number of fused-ring (bicyclic) bond motifs is 1. The minimum atomic E-state index is -0.198. The van der Waals surface area contributed by atoms with Crippen LogP contribution in [0.5, 0.6) is 0 Å². The molecule has 1 aliphatic rings. The fourth-order valence-electron chi connectivity index (χ4n) is 2.88. The Hall–Kier alpha value is -1.58. The minimum Gasteiger partial charge on any atom is -0.307 e. The molecule has 1 aromatic heterocycles. The van der Waals surface area contributed by atoms with E-state index < -0.39 is 0 Å². The Morgan fingerprint density at radius 3 is 2.74 bits per heavy atom. The zero-order valence-corrected chi connectivity index (χ0v) is 14.7. The molecule has 120 valence electrons. The quantitative estimate of drug-likeness (QED) is 0.707. The third kappa shape index (κ3) is 3.22. The van der Waals surface area contributed by atoms with E-state index in [1.165, 1.54) is 11.1 Å². The van der Waals surface area contributed by atoms with Crippen molar-refractivity contribution in [3.8, 4) is 0 Å². The Morgan fingerprint density at radius 1 is 1.22 bits per heavy atom. The molecule has 0 unspecified atom stereocenters. The SMILES string of the molecule is CC(C)c1ccc2c(c1)CCCN2C(=O)c1nc(Cl)ccc1Cl. The first kappa shape index (κ1) is 16.3. The first-order chi connectivity index (χ1) is 11.0. The smallest absolute Gasteiger partial charge is 0.278 e. The highest BCUT2D eigenvalue weighted by Gasteiger charge is 2.26. The molecule has 0 radical (unpaired) electrons. The summed E-state index contributed by atoms with van der Waals surface area (Å²) < 4.78 is 0. The second-order valence-electron chi connectivity index (χ2n) is 6.07. The van der Waals surface area contributed by atoms with E-state index in [4.69, 9.17) is 23.2 Å². The topological polar surface area (TPSA) is 33.2 Å². The zero-order chi connectivity index (χ0) is 16.6. The van der Waals surface area contributed by atoms with Crippen LogP contribution in [-0.2, 0) is 6.42 Å². The van der Waals surface area contributed by atoms with Crippen LogP contribution in [0.25, 0.3) is 0 Å². The number of rotatable bonds is 2. The number of amides is 1. The highest BCUT2D eigenvalue weighted by Crippen LogP contribution is 2.32. The maximum absolute atomic E-state index is 12.9. The van der Waals surface area contributed by atoms with Crippen molar-refractivity contribution < 1.29 is 4.79 Å². The summed E-state index contributed by atoms with van der Waals surface area (Å²) in [6.45, 7) is 5.00. The van der Waals surface area contributed by atoms with Gasteiger partial charge in [-0.25, -0.2) is 4.98 Å². The van der Waals surface area contributed by atoms with E-state index in [9.17, 15) is 4.79 Å². The summed E-state index contributed by atoms with van der Waals surface area (Å²) >= 11 is 12.1. The highest BCUT2D eigenvalue weighted by atomic mass is 35.5. The number of halogens is 2. The number of carbonyl (C=O) groups excluding carboxylic acids is 1. The molecular weight excluding hydrogens is 331 g/mol. The average molecular weight is 349 g/mol. The molecule has 3 nitrogen and oxygen atoms in total. The molecule has 1 aliphatic heterocycles. The Labute approximate surface area is 146 Å². The van der Waals surface area contributed by atoms with E-state index in [1.807, 2.05) is 6.07 Å². The van der Waals surface area contributed by atoms with Gasteiger partial charge in [-0.1, -0.05) is 49.2 Å². The first-order valence-electron chi connectivity index (χ1n) is 7.74. The Kier molecular flexibility index (Phi) is 4.60. The predicted molar refractivity (Wildman–Crippen MR) is 94.8 cm³/mol. The molecule has 0 saturated carbocycles. The molecule has 0 aliphatic carbocycles. The van der Waals surface area contributed by atoms with E-state index in [0.717, 1.165) is 18.5 Å². The van der Waals surface area contributed by atoms with Crippen LogP contribution in [0.15, 0.2) is 30.3 Å². The first-order valence-corrected chi connectivity index (χ1v) is 8.49. The fourth-order valence-corrected chi connectivity index (χ4v) is 3.22. The van der Waals surface area contributed by atoms with Crippen LogP contribution >= 0.6 is 23.2 Å². The van der Waals surface area contributed by atoms with Crippen molar-refractivity contribution in [2.45, 2.75) is 32.6 Å². The molecule has 5 heteroatoms. The molecule has 0 fully saturated rings. The third-order valence-corrected chi connectivity index (χ3v) is 4.66. The van der Waals surface area contributed by atoms with Gasteiger partial charge in [-0.15, -0.1) is 0 Å². The van der Waals surface area contributed by atoms with Gasteiger partial charge in [0.25, 0.3) is 5.91 Å². The molecule has 2 heterocycles. The molecule has 0 saturated heterocycles. The minimum absolute atomic E-state index is 0.198. The normalized spacial score (nSPS) is 14.0. The van der Waals surface area contributed by atoms with Gasteiger partial charge >= 0.3 is 0 Å². The van der Waals surface area contributed by atoms with Crippen molar-refractivity contribution in [1.29, 1.82) is 0 Å². The van der Waals surface area contributed by atoms with Gasteiger partial charge in [-0.05, 0) is 48.1 Å². The number of aryl methyl sites for hydroxylation is 1. The van der Waals surface area contributed by atoms with E-state index in [1.54, 1.807) is 17.0 Å². The van der Waals surface area contributed by atoms with Crippen LogP contribution in [-0.4, -0.2) is 17.4 Å². The number of anilines is 1. The van der Waals surface area contributed by atoms with Gasteiger partial charge < -0.3 is 4.90 Å². The summed E-state index contributed by atoms with van der Waals surface area (Å²) in [5.74, 6) is 0.270. The molecule has 1 amide bonds. The molecule has 0 spiro atoms. The van der Waals surface area contributed by atoms with Crippen molar-refractivity contribution in [3.05, 3.63) is 57.3 Å². The molecule has 3 rings (SSSR count). The summed E-state index contributed by atoms with van der Waals surface area (Å²) in [7, 11) is 0. The largest absolute Gasteiger partial charge is 0.307 e. The molecule has 0 N–H and O–H groups in total. The summed E-state index contributed by atoms with van der Waals surface area (Å²) in [4.78, 5) is 18.7. The maximum Gasteiger partial charge on any atom is 0.278 e. The van der Waals surface area contributed by atoms with Crippen LogP contribution in [0.2, 0.25) is 10.2 Å². The second kappa shape index (κ2) is 6.50. The van der Waals surface area contributed by atoms with Crippen LogP contribution < -0.4 is 4.90 Å². The summed E-state index contributed by atoms with van der Waals surface area (Å²) in [6, 6.07) is 9.51. The lowest BCUT2D eigenvalue weighted by atomic mass is 9.94. The van der Waals surface area contributed by atoms with Gasteiger partial charge in [0.15, 0.2) is 0 Å². The summed E-state index contributed by atoms with van der Waals surface area (Å²) in [6.07, 6.45) is 1.91. The monoisotopic (exact) mass is 348 g/mol. The lowest BCUT2D eigenvalue weighted by molar-refractivity contribution is 0.0980. The lowest BCUT2D eigenvalue weighted by Crippen LogP contribution is -2.36. The standard InChI is InChI=1S/C18H18Cl2N2O/c1-11(2)12-5-7-15-13(10-12)4-3-9-22(15)18(23)17-14(19)6-8-16(20)21-17/h5-8,10-11H,3-4,9H2,1-2H3. The van der Waals surface area contributed by atoms with E-state index in [2.05, 4.69) is 31.0 Å². The molecule has 23 heavy (non-hydrogen) atoms. The van der Waals surface area contributed by atoms with Gasteiger partial charge in [0.1, 0.15) is 10.8 Å². The van der Waals surface area contributed by atoms with E-state index >= 15 is 0 Å². The lowest BCUT2D eigenvalue weighted by Gasteiger charge is -2.30. The van der Waals surface area contributed by atoms with Gasteiger partial charge in [-0.3, -0.25) is 4.79 Å². The van der Waals surface area contributed by atoms with Gasteiger partial charge in [0, 0.05) is 12.2 Å². The maximum atomic E-state index is 12.9. The number of hydrogen-bond donors (Lipinski definition) is 0. The highest BCUT2D eigenvalue weighted by molar-refractivity contribution is 6.35. The van der Waals surface area contributed by atoms with Crippen molar-refractivity contribution in [2.75, 3.05) is 11.4 Å². The van der Waals surface area contributed by atoms with Crippen LogP contribution in [0, 0.1) is 0 Å². The van der Waals surface area contributed by atoms with E-state index in [-0.39, 0.29) is 16.8 Å². The van der Waals surface area contributed by atoms with Crippen molar-refractivity contribution in [3.63, 3.8) is 0 Å². The van der Waals surface area contributed by atoms with Crippen molar-refractivity contribution in [2.24, 2.45) is 0 Å². The van der Waals surface area contributed by atoms with Crippen molar-refractivity contribution in [1.82, 2.24) is 4.98 Å². The Bertz CT molecular complexity index is 759. The number of benzene rings is 1. The number of pyridine rings is 1. The van der Waals surface area contributed by atoms with E-state index in [0.29, 0.717) is 17.5 Å². The Morgan fingerprint density at radius 2 is 2.00 bits per heavy atom. The number of hydrogen-bond acceptors (Lipinski definition) is 2. The van der Waals surface area contributed by atoms with Crippen LogP contribution in [0.4, 0.5) is 5.69 Å². The van der Waals surface area contributed by atoms with Gasteiger partial charge in [0.05, 0.1) is 5.02 Å². The van der Waals surface area contributed by atoms with Gasteiger partial charge in [-0.2, -0.15) is 0 Å². The predicted octanol–water partition coefficient (Wildman–Crippen LogP) is 5.10. The fraction of sp³-hybridized carbons (Fsp3) is 0.333. The molecule has 0 atom stereocenters. The number of aromatic nitrogens is 1. The molecule has 2 aromatic rings. The second-order valence-corrected chi connectivity index (χ2v) is 6.86. The molecule has 0 bridgehead atoms. The molecule has 1 aromatic carbocycles. The average Bonchev–Trinajstić information content (AvgIpc) is 2.55. The Balaban J connectivity index is 1.99. The third-order valence-electron chi connectivity index (χ3n) is 4.15. The van der Waals surface area contributed by atoms with Crippen molar-refractivity contribution >= 4 is 34.8 Å². The van der Waals surface area contributed by atoms with Crippen LogP contribution in [0.1, 0.15) is 47.8 Å². The number of carbonyl (C=O) groups is 1. The van der Waals surface area contributed by atoms with Crippen LogP contribution in [0.3, 0.4) is 0 Å². The number of nitrogens with zero attached hydrogens (tertiary/aromatic N) is 2. The summed E-state index contributed by atoms with van der Waals surface area (Å²) in [5.41, 5.74) is 3.65. The molecular formula is C18H18Cl2N2O. The van der Waals surface area contributed by atoms with Gasteiger partial charge in [0.2, 0.25) is 0 Å².